The third-order valence-corrected chi connectivity index (χ3v) is 4.64. The number of ether oxygens (including phenoxy) is 1. The second-order valence-electron chi connectivity index (χ2n) is 6.97. The standard InChI is InChI=1S/C24H20FN3O3/c1-16-6-8-17(9-7-16)23-27-24(31-28-23)18-10-12-20(13-11-18)30-15-22(29)26-14-19-4-2-3-5-21(19)25/h2-13H,14-15H2,1H3,(H,26,29). The van der Waals surface area contributed by atoms with Crippen molar-refractivity contribution in [2.24, 2.45) is 0 Å². The topological polar surface area (TPSA) is 77.2 Å². The number of hydrogen-bond acceptors (Lipinski definition) is 5. The van der Waals surface area contributed by atoms with Crippen molar-refractivity contribution in [1.29, 1.82) is 0 Å². The van der Waals surface area contributed by atoms with Gasteiger partial charge < -0.3 is 14.6 Å². The molecule has 0 bridgehead atoms. The Morgan fingerprint density at radius 1 is 1.00 bits per heavy atom. The summed E-state index contributed by atoms with van der Waals surface area (Å²) in [5, 5.41) is 6.66. The fourth-order valence-corrected chi connectivity index (χ4v) is 2.89. The summed E-state index contributed by atoms with van der Waals surface area (Å²) in [6.45, 7) is 1.95. The minimum Gasteiger partial charge on any atom is -0.484 e. The molecule has 0 unspecified atom stereocenters. The van der Waals surface area contributed by atoms with E-state index >= 15 is 0 Å². The Balaban J connectivity index is 1.32. The van der Waals surface area contributed by atoms with Crippen LogP contribution in [0.15, 0.2) is 77.3 Å². The molecule has 1 amide bonds. The van der Waals surface area contributed by atoms with Crippen molar-refractivity contribution in [2.45, 2.75) is 13.5 Å². The van der Waals surface area contributed by atoms with Crippen LogP contribution in [0.3, 0.4) is 0 Å². The highest BCUT2D eigenvalue weighted by Gasteiger charge is 2.11. The zero-order valence-electron chi connectivity index (χ0n) is 16.8. The molecule has 1 heterocycles. The quantitative estimate of drug-likeness (QED) is 0.478. The molecule has 0 saturated carbocycles. The Hall–Kier alpha value is -4.00. The molecule has 0 spiro atoms. The lowest BCUT2D eigenvalue weighted by molar-refractivity contribution is -0.123. The molecular formula is C24H20FN3O3. The SMILES string of the molecule is Cc1ccc(-c2noc(-c3ccc(OCC(=O)NCc4ccccc4F)cc3)n2)cc1. The monoisotopic (exact) mass is 417 g/mol. The first-order chi connectivity index (χ1) is 15.1. The van der Waals surface area contributed by atoms with Crippen molar-refractivity contribution in [1.82, 2.24) is 15.5 Å². The van der Waals surface area contributed by atoms with Gasteiger partial charge in [-0.15, -0.1) is 0 Å². The lowest BCUT2D eigenvalue weighted by Gasteiger charge is -2.08. The highest BCUT2D eigenvalue weighted by Crippen LogP contribution is 2.24. The van der Waals surface area contributed by atoms with Crippen LogP contribution in [-0.2, 0) is 11.3 Å². The normalized spacial score (nSPS) is 10.6. The molecule has 0 aliphatic heterocycles. The molecule has 0 aliphatic carbocycles. The third-order valence-electron chi connectivity index (χ3n) is 4.64. The molecule has 0 atom stereocenters. The lowest BCUT2D eigenvalue weighted by atomic mass is 10.1. The number of rotatable bonds is 7. The van der Waals surface area contributed by atoms with Gasteiger partial charge in [0.15, 0.2) is 6.61 Å². The number of nitrogens with zero attached hydrogens (tertiary/aromatic N) is 2. The number of amides is 1. The predicted molar refractivity (Wildman–Crippen MR) is 114 cm³/mol. The molecule has 1 N–H and O–H groups in total. The molecule has 7 heteroatoms. The summed E-state index contributed by atoms with van der Waals surface area (Å²) in [6.07, 6.45) is 0. The molecule has 156 valence electrons. The van der Waals surface area contributed by atoms with Crippen molar-refractivity contribution >= 4 is 5.91 Å². The molecule has 0 saturated heterocycles. The molecule has 4 rings (SSSR count). The number of carbonyl (C=O) groups excluding carboxylic acids is 1. The van der Waals surface area contributed by atoms with E-state index < -0.39 is 0 Å². The summed E-state index contributed by atoms with van der Waals surface area (Å²) < 4.78 is 24.4. The number of aromatic nitrogens is 2. The lowest BCUT2D eigenvalue weighted by Crippen LogP contribution is -2.28. The fraction of sp³-hybridized carbons (Fsp3) is 0.125. The van der Waals surface area contributed by atoms with E-state index in [1.54, 1.807) is 42.5 Å². The Labute approximate surface area is 178 Å². The first-order valence-electron chi connectivity index (χ1n) is 9.72. The van der Waals surface area contributed by atoms with E-state index in [0.29, 0.717) is 23.0 Å². The second kappa shape index (κ2) is 9.21. The molecule has 0 fully saturated rings. The molecule has 1 aromatic heterocycles. The Bertz CT molecular complexity index is 1170. The van der Waals surface area contributed by atoms with E-state index in [1.807, 2.05) is 31.2 Å². The summed E-state index contributed by atoms with van der Waals surface area (Å²) in [5.74, 6) is 0.729. The van der Waals surface area contributed by atoms with Gasteiger partial charge in [-0.1, -0.05) is 53.2 Å². The van der Waals surface area contributed by atoms with Crippen LogP contribution in [0.25, 0.3) is 22.8 Å². The number of aryl methyl sites for hydroxylation is 1. The van der Waals surface area contributed by atoms with E-state index in [0.717, 1.165) is 16.7 Å². The van der Waals surface area contributed by atoms with Gasteiger partial charge in [0.25, 0.3) is 11.8 Å². The van der Waals surface area contributed by atoms with Crippen LogP contribution in [0.2, 0.25) is 0 Å². The first-order valence-corrected chi connectivity index (χ1v) is 9.72. The maximum absolute atomic E-state index is 13.6. The smallest absolute Gasteiger partial charge is 0.258 e. The predicted octanol–water partition coefficient (Wildman–Crippen LogP) is 4.55. The van der Waals surface area contributed by atoms with Gasteiger partial charge in [0.1, 0.15) is 11.6 Å². The van der Waals surface area contributed by atoms with E-state index in [4.69, 9.17) is 9.26 Å². The van der Waals surface area contributed by atoms with E-state index in [2.05, 4.69) is 15.5 Å². The maximum Gasteiger partial charge on any atom is 0.258 e. The summed E-state index contributed by atoms with van der Waals surface area (Å²) in [4.78, 5) is 16.4. The van der Waals surface area contributed by atoms with Gasteiger partial charge in [-0.3, -0.25) is 4.79 Å². The van der Waals surface area contributed by atoms with Gasteiger partial charge in [0, 0.05) is 23.2 Å². The Morgan fingerprint density at radius 2 is 1.71 bits per heavy atom. The van der Waals surface area contributed by atoms with Crippen molar-refractivity contribution in [2.75, 3.05) is 6.61 Å². The number of nitrogens with one attached hydrogen (secondary N) is 1. The molecule has 0 radical (unpaired) electrons. The van der Waals surface area contributed by atoms with Crippen LogP contribution >= 0.6 is 0 Å². The van der Waals surface area contributed by atoms with E-state index in [-0.39, 0.29) is 24.9 Å². The van der Waals surface area contributed by atoms with Crippen molar-refractivity contribution in [3.63, 3.8) is 0 Å². The van der Waals surface area contributed by atoms with Gasteiger partial charge >= 0.3 is 0 Å². The average molecular weight is 417 g/mol. The summed E-state index contributed by atoms with van der Waals surface area (Å²) >= 11 is 0. The molecule has 0 aliphatic rings. The van der Waals surface area contributed by atoms with Crippen LogP contribution in [0.4, 0.5) is 4.39 Å². The van der Waals surface area contributed by atoms with E-state index in [1.165, 1.54) is 6.07 Å². The highest BCUT2D eigenvalue weighted by atomic mass is 19.1. The van der Waals surface area contributed by atoms with Gasteiger partial charge in [0.2, 0.25) is 5.82 Å². The Kier molecular flexibility index (Phi) is 6.03. The van der Waals surface area contributed by atoms with Crippen molar-refractivity contribution in [3.8, 4) is 28.6 Å². The van der Waals surface area contributed by atoms with Crippen LogP contribution in [0.1, 0.15) is 11.1 Å². The molecule has 4 aromatic rings. The van der Waals surface area contributed by atoms with Gasteiger partial charge in [-0.05, 0) is 37.3 Å². The summed E-state index contributed by atoms with van der Waals surface area (Å²) in [7, 11) is 0. The molecule has 6 nitrogen and oxygen atoms in total. The number of carbonyl (C=O) groups is 1. The van der Waals surface area contributed by atoms with E-state index in [9.17, 15) is 9.18 Å². The summed E-state index contributed by atoms with van der Waals surface area (Å²) in [5.41, 5.74) is 3.19. The first kappa shape index (κ1) is 20.3. The van der Waals surface area contributed by atoms with Crippen LogP contribution in [0.5, 0.6) is 5.75 Å². The highest BCUT2D eigenvalue weighted by molar-refractivity contribution is 5.77. The zero-order chi connectivity index (χ0) is 21.6. The van der Waals surface area contributed by atoms with Gasteiger partial charge in [-0.25, -0.2) is 4.39 Å². The number of halogens is 1. The zero-order valence-corrected chi connectivity index (χ0v) is 16.8. The Morgan fingerprint density at radius 3 is 2.45 bits per heavy atom. The third kappa shape index (κ3) is 5.14. The average Bonchev–Trinajstić information content (AvgIpc) is 3.28. The van der Waals surface area contributed by atoms with Crippen LogP contribution in [0, 0.1) is 12.7 Å². The second-order valence-corrected chi connectivity index (χ2v) is 6.97. The number of benzene rings is 3. The maximum atomic E-state index is 13.6. The van der Waals surface area contributed by atoms with Crippen LogP contribution < -0.4 is 10.1 Å². The van der Waals surface area contributed by atoms with Crippen LogP contribution in [-0.4, -0.2) is 22.7 Å². The molecule has 31 heavy (non-hydrogen) atoms. The molecule has 3 aromatic carbocycles. The van der Waals surface area contributed by atoms with Crippen molar-refractivity contribution in [3.05, 3.63) is 89.7 Å². The molecular weight excluding hydrogens is 397 g/mol. The summed E-state index contributed by atoms with van der Waals surface area (Å²) in [6, 6.07) is 21.2. The van der Waals surface area contributed by atoms with Crippen molar-refractivity contribution < 1.29 is 18.4 Å². The van der Waals surface area contributed by atoms with Gasteiger partial charge in [-0.2, -0.15) is 4.98 Å². The minimum atomic E-state index is -0.356. The number of hydrogen-bond donors (Lipinski definition) is 1. The van der Waals surface area contributed by atoms with Gasteiger partial charge in [0.05, 0.1) is 0 Å². The minimum absolute atomic E-state index is 0.105. The largest absolute Gasteiger partial charge is 0.484 e. The fourth-order valence-electron chi connectivity index (χ4n) is 2.89.